The molecule has 7 heteroatoms. The van der Waals surface area contributed by atoms with Gasteiger partial charge in [-0.1, -0.05) is 24.3 Å². The minimum Gasteiger partial charge on any atom is -0.399 e. The van der Waals surface area contributed by atoms with E-state index in [-0.39, 0.29) is 0 Å². The molecule has 0 spiro atoms. The fourth-order valence-corrected chi connectivity index (χ4v) is 1.34. The fraction of sp³-hybridized carbons (Fsp3) is 0.143. The Morgan fingerprint density at radius 1 is 0.810 bits per heavy atom. The topological polar surface area (TPSA) is 127 Å². The molecule has 2 rings (SSSR count). The second-order valence-electron chi connectivity index (χ2n) is 4.28. The molecule has 6 N–H and O–H groups in total. The Labute approximate surface area is 125 Å². The van der Waals surface area contributed by atoms with Gasteiger partial charge in [-0.2, -0.15) is 8.42 Å². The minimum atomic E-state index is -4.67. The highest BCUT2D eigenvalue weighted by atomic mass is 32.3. The largest absolute Gasteiger partial charge is 0.399 e. The molecule has 0 aliphatic heterocycles. The summed E-state index contributed by atoms with van der Waals surface area (Å²) in [6.07, 6.45) is 0. The first-order chi connectivity index (χ1) is 9.58. The Hall–Kier alpha value is -2.09. The maximum absolute atomic E-state index is 8.74. The van der Waals surface area contributed by atoms with Crippen LogP contribution in [0.15, 0.2) is 48.5 Å². The third kappa shape index (κ3) is 14.1. The average molecular weight is 312 g/mol. The van der Waals surface area contributed by atoms with Crippen molar-refractivity contribution in [1.29, 1.82) is 0 Å². The Morgan fingerprint density at radius 3 is 1.24 bits per heavy atom. The van der Waals surface area contributed by atoms with E-state index >= 15 is 0 Å². The van der Waals surface area contributed by atoms with Gasteiger partial charge in [0.1, 0.15) is 0 Å². The summed E-state index contributed by atoms with van der Waals surface area (Å²) in [5, 5.41) is 0. The maximum atomic E-state index is 8.74. The molecule has 0 aliphatic rings. The highest BCUT2D eigenvalue weighted by Gasteiger charge is 1.84. The summed E-state index contributed by atoms with van der Waals surface area (Å²) in [6, 6.07) is 15.6. The molecule has 0 amide bonds. The minimum absolute atomic E-state index is 0.838. The van der Waals surface area contributed by atoms with Gasteiger partial charge in [-0.05, 0) is 49.2 Å². The first-order valence-corrected chi connectivity index (χ1v) is 7.32. The van der Waals surface area contributed by atoms with Gasteiger partial charge in [0.15, 0.2) is 0 Å². The predicted molar refractivity (Wildman–Crippen MR) is 85.4 cm³/mol. The van der Waals surface area contributed by atoms with E-state index in [1.54, 1.807) is 0 Å². The zero-order chi connectivity index (χ0) is 16.5. The standard InChI is InChI=1S/2C7H9N.H2O4S/c2*1-6-3-2-4-7(8)5-6;1-5(2,3)4/h2*2-5H,8H2,1H3;(H2,1,2,3,4). The molecule has 116 valence electrons. The SMILES string of the molecule is Cc1cccc(N)c1.Cc1cccc(N)c1.O=S(=O)(O)O. The maximum Gasteiger partial charge on any atom is 0.394 e. The number of nitrogen functional groups attached to an aromatic ring is 2. The summed E-state index contributed by atoms with van der Waals surface area (Å²) in [5.41, 5.74) is 15.0. The molecule has 0 heterocycles. The molecular weight excluding hydrogens is 292 g/mol. The van der Waals surface area contributed by atoms with Crippen molar-refractivity contribution in [3.05, 3.63) is 59.7 Å². The zero-order valence-electron chi connectivity index (χ0n) is 11.9. The van der Waals surface area contributed by atoms with E-state index in [1.807, 2.05) is 62.4 Å². The molecule has 0 atom stereocenters. The van der Waals surface area contributed by atoms with E-state index in [1.165, 1.54) is 11.1 Å². The smallest absolute Gasteiger partial charge is 0.394 e. The van der Waals surface area contributed by atoms with Gasteiger partial charge in [-0.15, -0.1) is 0 Å². The van der Waals surface area contributed by atoms with Crippen LogP contribution >= 0.6 is 0 Å². The Bertz CT molecular complexity index is 572. The van der Waals surface area contributed by atoms with Gasteiger partial charge in [0.25, 0.3) is 0 Å². The van der Waals surface area contributed by atoms with Crippen molar-refractivity contribution in [1.82, 2.24) is 0 Å². The zero-order valence-corrected chi connectivity index (χ0v) is 12.7. The van der Waals surface area contributed by atoms with Crippen molar-refractivity contribution in [2.45, 2.75) is 13.8 Å². The second kappa shape index (κ2) is 8.96. The van der Waals surface area contributed by atoms with Crippen molar-refractivity contribution in [2.24, 2.45) is 0 Å². The molecule has 6 nitrogen and oxygen atoms in total. The van der Waals surface area contributed by atoms with Gasteiger partial charge in [0.05, 0.1) is 0 Å². The number of anilines is 2. The van der Waals surface area contributed by atoms with Gasteiger partial charge in [-0.3, -0.25) is 9.11 Å². The van der Waals surface area contributed by atoms with Crippen LogP contribution in [-0.2, 0) is 10.4 Å². The Kier molecular flexibility index (Phi) is 8.07. The number of hydrogen-bond donors (Lipinski definition) is 4. The number of aryl methyl sites for hydroxylation is 2. The van der Waals surface area contributed by atoms with E-state index in [2.05, 4.69) is 0 Å². The average Bonchev–Trinajstić information content (AvgIpc) is 2.26. The third-order valence-electron chi connectivity index (χ3n) is 2.08. The monoisotopic (exact) mass is 312 g/mol. The van der Waals surface area contributed by atoms with Crippen LogP contribution in [0, 0.1) is 13.8 Å². The van der Waals surface area contributed by atoms with E-state index in [0.29, 0.717) is 0 Å². The molecular formula is C14H20N2O4S. The van der Waals surface area contributed by atoms with Crippen LogP contribution in [0.4, 0.5) is 11.4 Å². The molecule has 0 saturated heterocycles. The van der Waals surface area contributed by atoms with Crippen molar-refractivity contribution >= 4 is 21.8 Å². The van der Waals surface area contributed by atoms with Gasteiger partial charge in [0, 0.05) is 11.4 Å². The van der Waals surface area contributed by atoms with E-state index in [9.17, 15) is 0 Å². The van der Waals surface area contributed by atoms with Crippen LogP contribution in [0.25, 0.3) is 0 Å². The highest BCUT2D eigenvalue weighted by molar-refractivity contribution is 7.79. The first kappa shape index (κ1) is 18.9. The van der Waals surface area contributed by atoms with Crippen molar-refractivity contribution < 1.29 is 17.5 Å². The van der Waals surface area contributed by atoms with Gasteiger partial charge < -0.3 is 11.5 Å². The van der Waals surface area contributed by atoms with Crippen LogP contribution in [0.3, 0.4) is 0 Å². The molecule has 2 aromatic rings. The Balaban J connectivity index is 0.000000296. The van der Waals surface area contributed by atoms with Gasteiger partial charge in [0.2, 0.25) is 0 Å². The van der Waals surface area contributed by atoms with Crippen LogP contribution in [0.1, 0.15) is 11.1 Å². The van der Waals surface area contributed by atoms with Crippen LogP contribution < -0.4 is 11.5 Å². The summed E-state index contributed by atoms with van der Waals surface area (Å²) in [6.45, 7) is 4.05. The molecule has 0 aromatic heterocycles. The third-order valence-corrected chi connectivity index (χ3v) is 2.08. The normalized spacial score (nSPS) is 9.71. The summed E-state index contributed by atoms with van der Waals surface area (Å²) in [5.74, 6) is 0. The predicted octanol–water partition coefficient (Wildman–Crippen LogP) is 2.50. The van der Waals surface area contributed by atoms with Crippen molar-refractivity contribution in [3.63, 3.8) is 0 Å². The summed E-state index contributed by atoms with van der Waals surface area (Å²) in [7, 11) is -4.67. The number of hydrogen-bond acceptors (Lipinski definition) is 4. The van der Waals surface area contributed by atoms with Crippen molar-refractivity contribution in [3.8, 4) is 0 Å². The lowest BCUT2D eigenvalue weighted by atomic mass is 10.2. The lowest BCUT2D eigenvalue weighted by molar-refractivity contribution is 0.381. The van der Waals surface area contributed by atoms with Crippen LogP contribution in [-0.4, -0.2) is 17.5 Å². The number of benzene rings is 2. The fourth-order valence-electron chi connectivity index (χ4n) is 1.34. The van der Waals surface area contributed by atoms with Crippen molar-refractivity contribution in [2.75, 3.05) is 11.5 Å². The number of rotatable bonds is 0. The molecule has 0 saturated carbocycles. The highest BCUT2D eigenvalue weighted by Crippen LogP contribution is 2.03. The van der Waals surface area contributed by atoms with E-state index in [0.717, 1.165) is 11.4 Å². The summed E-state index contributed by atoms with van der Waals surface area (Å²) in [4.78, 5) is 0. The van der Waals surface area contributed by atoms with Crippen LogP contribution in [0.2, 0.25) is 0 Å². The molecule has 0 bridgehead atoms. The second-order valence-corrected chi connectivity index (χ2v) is 5.17. The van der Waals surface area contributed by atoms with Gasteiger partial charge >= 0.3 is 10.4 Å². The quantitative estimate of drug-likeness (QED) is 0.437. The number of nitrogens with two attached hydrogens (primary N) is 2. The molecule has 2 aromatic carbocycles. The molecule has 21 heavy (non-hydrogen) atoms. The van der Waals surface area contributed by atoms with Crippen LogP contribution in [0.5, 0.6) is 0 Å². The lowest BCUT2D eigenvalue weighted by Crippen LogP contribution is -1.89. The summed E-state index contributed by atoms with van der Waals surface area (Å²) >= 11 is 0. The molecule has 0 fully saturated rings. The van der Waals surface area contributed by atoms with E-state index in [4.69, 9.17) is 29.0 Å². The first-order valence-electron chi connectivity index (χ1n) is 5.92. The van der Waals surface area contributed by atoms with E-state index < -0.39 is 10.4 Å². The molecule has 0 aliphatic carbocycles. The molecule has 0 radical (unpaired) electrons. The Morgan fingerprint density at radius 2 is 1.10 bits per heavy atom. The summed E-state index contributed by atoms with van der Waals surface area (Å²) < 4.78 is 31.6. The lowest BCUT2D eigenvalue weighted by Gasteiger charge is -1.91. The van der Waals surface area contributed by atoms with Gasteiger partial charge in [-0.25, -0.2) is 0 Å². The molecule has 0 unspecified atom stereocenters.